The van der Waals surface area contributed by atoms with Crippen LogP contribution in [0.4, 0.5) is 0 Å². The molecular weight excluding hydrogens is 158 g/mol. The summed E-state index contributed by atoms with van der Waals surface area (Å²) < 4.78 is 4.39. The van der Waals surface area contributed by atoms with Crippen LogP contribution in [-0.2, 0) is 14.3 Å². The molecule has 1 unspecified atom stereocenters. The van der Waals surface area contributed by atoms with Gasteiger partial charge in [0.25, 0.3) is 0 Å². The molecule has 1 aliphatic heterocycles. The molecule has 4 nitrogen and oxygen atoms in total. The maximum atomic E-state index is 11.0. The van der Waals surface area contributed by atoms with Crippen molar-refractivity contribution in [2.75, 3.05) is 13.7 Å². The van der Waals surface area contributed by atoms with Crippen LogP contribution in [0.1, 0.15) is 6.42 Å². The summed E-state index contributed by atoms with van der Waals surface area (Å²) in [5, 5.41) is 2.67. The quantitative estimate of drug-likeness (QED) is 0.462. The SMILES string of the molecule is COC(=O)/C=C/C1CCNC1=O. The van der Waals surface area contributed by atoms with Gasteiger partial charge in [-0.1, -0.05) is 6.08 Å². The van der Waals surface area contributed by atoms with Crippen LogP contribution in [0.25, 0.3) is 0 Å². The van der Waals surface area contributed by atoms with Gasteiger partial charge >= 0.3 is 5.97 Å². The van der Waals surface area contributed by atoms with E-state index in [2.05, 4.69) is 10.1 Å². The van der Waals surface area contributed by atoms with Crippen molar-refractivity contribution in [3.05, 3.63) is 12.2 Å². The van der Waals surface area contributed by atoms with Crippen molar-refractivity contribution in [1.29, 1.82) is 0 Å². The number of hydrogen-bond donors (Lipinski definition) is 1. The maximum absolute atomic E-state index is 11.0. The van der Waals surface area contributed by atoms with E-state index in [0.717, 1.165) is 6.42 Å². The number of amides is 1. The summed E-state index contributed by atoms with van der Waals surface area (Å²) in [6, 6.07) is 0. The largest absolute Gasteiger partial charge is 0.466 e. The summed E-state index contributed by atoms with van der Waals surface area (Å²) in [4.78, 5) is 21.6. The molecule has 0 aliphatic carbocycles. The molecule has 1 N–H and O–H groups in total. The van der Waals surface area contributed by atoms with Crippen LogP contribution >= 0.6 is 0 Å². The summed E-state index contributed by atoms with van der Waals surface area (Å²) >= 11 is 0. The van der Waals surface area contributed by atoms with E-state index >= 15 is 0 Å². The minimum atomic E-state index is -0.422. The second kappa shape index (κ2) is 3.90. The Labute approximate surface area is 70.6 Å². The van der Waals surface area contributed by atoms with E-state index in [1.807, 2.05) is 0 Å². The van der Waals surface area contributed by atoms with Gasteiger partial charge in [0.15, 0.2) is 0 Å². The number of carbonyl (C=O) groups is 2. The van der Waals surface area contributed by atoms with Crippen LogP contribution in [0.15, 0.2) is 12.2 Å². The van der Waals surface area contributed by atoms with Crippen molar-refractivity contribution in [3.63, 3.8) is 0 Å². The molecule has 1 amide bonds. The monoisotopic (exact) mass is 169 g/mol. The lowest BCUT2D eigenvalue weighted by molar-refractivity contribution is -0.134. The minimum absolute atomic E-state index is 0.0184. The number of carbonyl (C=O) groups excluding carboxylic acids is 2. The van der Waals surface area contributed by atoms with Crippen molar-refractivity contribution >= 4 is 11.9 Å². The summed E-state index contributed by atoms with van der Waals surface area (Å²) in [5.41, 5.74) is 0. The van der Waals surface area contributed by atoms with Crippen molar-refractivity contribution < 1.29 is 14.3 Å². The molecule has 0 spiro atoms. The first-order chi connectivity index (χ1) is 5.74. The van der Waals surface area contributed by atoms with Crippen molar-refractivity contribution in [2.24, 2.45) is 5.92 Å². The van der Waals surface area contributed by atoms with Crippen molar-refractivity contribution in [1.82, 2.24) is 5.32 Å². The van der Waals surface area contributed by atoms with Gasteiger partial charge in [-0.25, -0.2) is 4.79 Å². The molecule has 1 atom stereocenters. The Morgan fingerprint density at radius 1 is 1.75 bits per heavy atom. The first-order valence-electron chi connectivity index (χ1n) is 3.78. The summed E-state index contributed by atoms with van der Waals surface area (Å²) in [6.45, 7) is 0.689. The fourth-order valence-corrected chi connectivity index (χ4v) is 1.06. The van der Waals surface area contributed by atoms with Gasteiger partial charge in [-0.2, -0.15) is 0 Å². The molecule has 1 rings (SSSR count). The zero-order valence-corrected chi connectivity index (χ0v) is 6.87. The molecule has 1 fully saturated rings. The zero-order chi connectivity index (χ0) is 8.97. The average Bonchev–Trinajstić information content (AvgIpc) is 2.47. The van der Waals surface area contributed by atoms with E-state index in [4.69, 9.17) is 0 Å². The first-order valence-corrected chi connectivity index (χ1v) is 3.78. The summed E-state index contributed by atoms with van der Waals surface area (Å²) in [5.74, 6) is -0.603. The molecule has 0 aromatic rings. The highest BCUT2D eigenvalue weighted by Gasteiger charge is 2.20. The van der Waals surface area contributed by atoms with Crippen LogP contribution in [0.2, 0.25) is 0 Å². The van der Waals surface area contributed by atoms with Gasteiger partial charge in [-0.05, 0) is 6.42 Å². The van der Waals surface area contributed by atoms with Crippen LogP contribution in [0.5, 0.6) is 0 Å². The van der Waals surface area contributed by atoms with Gasteiger partial charge in [-0.3, -0.25) is 4.79 Å². The predicted molar refractivity (Wildman–Crippen MR) is 42.3 cm³/mol. The number of nitrogens with one attached hydrogen (secondary N) is 1. The van der Waals surface area contributed by atoms with E-state index in [9.17, 15) is 9.59 Å². The highest BCUT2D eigenvalue weighted by Crippen LogP contribution is 2.10. The molecule has 0 saturated carbocycles. The number of esters is 1. The molecule has 0 aromatic heterocycles. The molecule has 0 bridgehead atoms. The van der Waals surface area contributed by atoms with Crippen molar-refractivity contribution in [2.45, 2.75) is 6.42 Å². The lowest BCUT2D eigenvalue weighted by atomic mass is 10.1. The minimum Gasteiger partial charge on any atom is -0.466 e. The normalized spacial score (nSPS) is 22.8. The smallest absolute Gasteiger partial charge is 0.330 e. The van der Waals surface area contributed by atoms with Crippen LogP contribution in [0.3, 0.4) is 0 Å². The second-order valence-electron chi connectivity index (χ2n) is 2.57. The molecular formula is C8H11NO3. The standard InChI is InChI=1S/C8H11NO3/c1-12-7(10)3-2-6-4-5-9-8(6)11/h2-3,6H,4-5H2,1H3,(H,9,11)/b3-2+. The fourth-order valence-electron chi connectivity index (χ4n) is 1.06. The van der Waals surface area contributed by atoms with Crippen LogP contribution < -0.4 is 5.32 Å². The van der Waals surface area contributed by atoms with Gasteiger partial charge in [0.2, 0.25) is 5.91 Å². The van der Waals surface area contributed by atoms with Crippen molar-refractivity contribution in [3.8, 4) is 0 Å². The lowest BCUT2D eigenvalue weighted by Gasteiger charge is -1.96. The van der Waals surface area contributed by atoms with E-state index in [1.54, 1.807) is 6.08 Å². The second-order valence-corrected chi connectivity index (χ2v) is 2.57. The first kappa shape index (κ1) is 8.77. The van der Waals surface area contributed by atoms with E-state index in [-0.39, 0.29) is 11.8 Å². The van der Waals surface area contributed by atoms with Crippen LogP contribution in [-0.4, -0.2) is 25.5 Å². The molecule has 0 radical (unpaired) electrons. The maximum Gasteiger partial charge on any atom is 0.330 e. The predicted octanol–water partition coefficient (Wildman–Crippen LogP) is -0.148. The number of methoxy groups -OCH3 is 1. The lowest BCUT2D eigenvalue weighted by Crippen LogP contribution is -2.17. The highest BCUT2D eigenvalue weighted by molar-refractivity contribution is 5.86. The molecule has 66 valence electrons. The van der Waals surface area contributed by atoms with Gasteiger partial charge in [0, 0.05) is 12.6 Å². The number of ether oxygens (including phenoxy) is 1. The Balaban J connectivity index is 2.44. The van der Waals surface area contributed by atoms with Gasteiger partial charge < -0.3 is 10.1 Å². The third-order valence-corrected chi connectivity index (χ3v) is 1.76. The third kappa shape index (κ3) is 2.08. The Hall–Kier alpha value is -1.32. The van der Waals surface area contributed by atoms with Crippen LogP contribution in [0, 0.1) is 5.92 Å². The molecule has 12 heavy (non-hydrogen) atoms. The Morgan fingerprint density at radius 2 is 2.50 bits per heavy atom. The molecule has 1 aliphatic rings. The molecule has 1 saturated heterocycles. The molecule has 4 heteroatoms. The highest BCUT2D eigenvalue weighted by atomic mass is 16.5. The Morgan fingerprint density at radius 3 is 3.00 bits per heavy atom. The molecule has 0 aromatic carbocycles. The van der Waals surface area contributed by atoms with E-state index < -0.39 is 5.97 Å². The van der Waals surface area contributed by atoms with Gasteiger partial charge in [0.05, 0.1) is 13.0 Å². The van der Waals surface area contributed by atoms with Gasteiger partial charge in [-0.15, -0.1) is 0 Å². The Kier molecular flexibility index (Phi) is 2.85. The van der Waals surface area contributed by atoms with E-state index in [0.29, 0.717) is 6.54 Å². The molecule has 1 heterocycles. The Bertz CT molecular complexity index is 222. The summed E-state index contributed by atoms with van der Waals surface area (Å²) in [6.07, 6.45) is 3.62. The topological polar surface area (TPSA) is 55.4 Å². The summed E-state index contributed by atoms with van der Waals surface area (Å²) in [7, 11) is 1.31. The van der Waals surface area contributed by atoms with E-state index in [1.165, 1.54) is 13.2 Å². The third-order valence-electron chi connectivity index (χ3n) is 1.76. The number of hydrogen-bond acceptors (Lipinski definition) is 3. The number of rotatable bonds is 2. The van der Waals surface area contributed by atoms with Gasteiger partial charge in [0.1, 0.15) is 0 Å². The zero-order valence-electron chi connectivity index (χ0n) is 6.87. The fraction of sp³-hybridized carbons (Fsp3) is 0.500. The average molecular weight is 169 g/mol.